The SMILES string of the molecule is CC1=NN(c2ccc(Cl)cc2)C(=O)C1=CC=C1CCCN1C. The Bertz CT molecular complexity index is 688. The summed E-state index contributed by atoms with van der Waals surface area (Å²) in [6.07, 6.45) is 6.15. The molecule has 0 saturated carbocycles. The van der Waals surface area contributed by atoms with Crippen LogP contribution in [0, 0.1) is 0 Å². The average Bonchev–Trinajstić information content (AvgIpc) is 3.02. The summed E-state index contributed by atoms with van der Waals surface area (Å²) in [7, 11) is 2.08. The highest BCUT2D eigenvalue weighted by atomic mass is 35.5. The van der Waals surface area contributed by atoms with Crippen molar-refractivity contribution in [3.8, 4) is 0 Å². The van der Waals surface area contributed by atoms with Crippen LogP contribution in [0.3, 0.4) is 0 Å². The van der Waals surface area contributed by atoms with Crippen molar-refractivity contribution in [3.63, 3.8) is 0 Å². The molecule has 2 aliphatic rings. The second kappa shape index (κ2) is 5.97. The van der Waals surface area contributed by atoms with Gasteiger partial charge in [0.25, 0.3) is 5.91 Å². The molecule has 0 atom stereocenters. The van der Waals surface area contributed by atoms with Gasteiger partial charge in [-0.25, -0.2) is 0 Å². The molecule has 0 bridgehead atoms. The Kier molecular flexibility index (Phi) is 4.03. The number of hydrogen-bond acceptors (Lipinski definition) is 3. The predicted molar refractivity (Wildman–Crippen MR) is 90.1 cm³/mol. The molecule has 1 amide bonds. The topological polar surface area (TPSA) is 35.9 Å². The number of amides is 1. The number of hydrazone groups is 1. The molecular weight excluding hydrogens is 298 g/mol. The van der Waals surface area contributed by atoms with Gasteiger partial charge in [-0.05, 0) is 56.2 Å². The summed E-state index contributed by atoms with van der Waals surface area (Å²) in [6.45, 7) is 2.93. The van der Waals surface area contributed by atoms with Crippen LogP contribution in [0.2, 0.25) is 5.02 Å². The summed E-state index contributed by atoms with van der Waals surface area (Å²) in [5, 5.41) is 6.43. The van der Waals surface area contributed by atoms with Gasteiger partial charge in [0.05, 0.1) is 17.0 Å². The Morgan fingerprint density at radius 1 is 1.23 bits per heavy atom. The quantitative estimate of drug-likeness (QED) is 0.782. The third-order valence-electron chi connectivity index (χ3n) is 3.99. The minimum absolute atomic E-state index is 0.0997. The maximum Gasteiger partial charge on any atom is 0.280 e. The zero-order valence-corrected chi connectivity index (χ0v) is 13.5. The molecule has 5 heteroatoms. The van der Waals surface area contributed by atoms with E-state index in [0.29, 0.717) is 10.6 Å². The first kappa shape index (κ1) is 14.9. The fourth-order valence-electron chi connectivity index (χ4n) is 2.69. The number of benzene rings is 1. The van der Waals surface area contributed by atoms with Gasteiger partial charge in [0.15, 0.2) is 0 Å². The van der Waals surface area contributed by atoms with Crippen molar-refractivity contribution < 1.29 is 4.79 Å². The molecule has 114 valence electrons. The number of carbonyl (C=O) groups is 1. The zero-order chi connectivity index (χ0) is 15.7. The van der Waals surface area contributed by atoms with E-state index in [-0.39, 0.29) is 5.91 Å². The van der Waals surface area contributed by atoms with Crippen molar-refractivity contribution >= 4 is 28.9 Å². The van der Waals surface area contributed by atoms with Crippen LogP contribution in [0.15, 0.2) is 52.8 Å². The molecule has 2 heterocycles. The summed E-state index contributed by atoms with van der Waals surface area (Å²) in [5.41, 5.74) is 3.36. The summed E-state index contributed by atoms with van der Waals surface area (Å²) in [6, 6.07) is 7.10. The largest absolute Gasteiger partial charge is 0.378 e. The first-order chi connectivity index (χ1) is 10.6. The first-order valence-electron chi connectivity index (χ1n) is 7.34. The van der Waals surface area contributed by atoms with E-state index >= 15 is 0 Å². The summed E-state index contributed by atoms with van der Waals surface area (Å²) < 4.78 is 0. The molecule has 0 unspecified atom stereocenters. The number of likely N-dealkylation sites (tertiary alicyclic amines) is 1. The Hall–Kier alpha value is -2.07. The maximum absolute atomic E-state index is 12.6. The molecule has 2 aliphatic heterocycles. The Labute approximate surface area is 135 Å². The minimum Gasteiger partial charge on any atom is -0.378 e. The molecule has 0 aliphatic carbocycles. The van der Waals surface area contributed by atoms with Crippen LogP contribution in [-0.4, -0.2) is 30.1 Å². The average molecular weight is 316 g/mol. The van der Waals surface area contributed by atoms with Crippen LogP contribution in [0.5, 0.6) is 0 Å². The number of anilines is 1. The summed E-state index contributed by atoms with van der Waals surface area (Å²) in [4.78, 5) is 14.8. The molecule has 0 spiro atoms. The second-order valence-corrected chi connectivity index (χ2v) is 5.98. The molecule has 0 aromatic heterocycles. The van der Waals surface area contributed by atoms with E-state index in [4.69, 9.17) is 11.6 Å². The number of nitrogens with zero attached hydrogens (tertiary/aromatic N) is 3. The van der Waals surface area contributed by atoms with Gasteiger partial charge in [0.2, 0.25) is 0 Å². The molecule has 1 aromatic rings. The van der Waals surface area contributed by atoms with Gasteiger partial charge in [-0.3, -0.25) is 4.79 Å². The number of halogens is 1. The van der Waals surface area contributed by atoms with Crippen molar-refractivity contribution in [3.05, 3.63) is 52.7 Å². The highest BCUT2D eigenvalue weighted by Crippen LogP contribution is 2.26. The molecule has 1 aromatic carbocycles. The number of allylic oxidation sites excluding steroid dienone is 3. The van der Waals surface area contributed by atoms with Crippen LogP contribution in [0.1, 0.15) is 19.8 Å². The predicted octanol–water partition coefficient (Wildman–Crippen LogP) is 3.60. The van der Waals surface area contributed by atoms with Crippen molar-refractivity contribution in [2.75, 3.05) is 18.6 Å². The van der Waals surface area contributed by atoms with Crippen molar-refractivity contribution in [1.82, 2.24) is 4.90 Å². The van der Waals surface area contributed by atoms with Gasteiger partial charge in [0.1, 0.15) is 0 Å². The number of carbonyl (C=O) groups excluding carboxylic acids is 1. The lowest BCUT2D eigenvalue weighted by Crippen LogP contribution is -2.21. The van der Waals surface area contributed by atoms with Crippen LogP contribution in [-0.2, 0) is 4.79 Å². The second-order valence-electron chi connectivity index (χ2n) is 5.54. The number of rotatable bonds is 2. The van der Waals surface area contributed by atoms with E-state index in [1.807, 2.05) is 19.1 Å². The summed E-state index contributed by atoms with van der Waals surface area (Å²) in [5.74, 6) is -0.0997. The molecule has 0 radical (unpaired) electrons. The lowest BCUT2D eigenvalue weighted by Gasteiger charge is -2.12. The zero-order valence-electron chi connectivity index (χ0n) is 12.7. The van der Waals surface area contributed by atoms with Gasteiger partial charge >= 0.3 is 0 Å². The van der Waals surface area contributed by atoms with Crippen molar-refractivity contribution in [2.45, 2.75) is 19.8 Å². The van der Waals surface area contributed by atoms with Gasteiger partial charge in [-0.15, -0.1) is 0 Å². The highest BCUT2D eigenvalue weighted by molar-refractivity contribution is 6.31. The van der Waals surface area contributed by atoms with E-state index in [1.54, 1.807) is 24.3 Å². The fraction of sp³-hybridized carbons (Fsp3) is 0.294. The third-order valence-corrected chi connectivity index (χ3v) is 4.24. The number of hydrogen-bond donors (Lipinski definition) is 0. The molecule has 4 nitrogen and oxygen atoms in total. The molecule has 22 heavy (non-hydrogen) atoms. The van der Waals surface area contributed by atoms with E-state index in [9.17, 15) is 4.79 Å². The third kappa shape index (κ3) is 2.79. The Balaban J connectivity index is 1.85. The molecule has 1 fully saturated rings. The lowest BCUT2D eigenvalue weighted by atomic mass is 10.1. The van der Waals surface area contributed by atoms with E-state index in [2.05, 4.69) is 17.0 Å². The van der Waals surface area contributed by atoms with E-state index in [0.717, 1.165) is 24.4 Å². The van der Waals surface area contributed by atoms with Gasteiger partial charge in [-0.1, -0.05) is 11.6 Å². The monoisotopic (exact) mass is 315 g/mol. The van der Waals surface area contributed by atoms with Gasteiger partial charge < -0.3 is 4.90 Å². The Morgan fingerprint density at radius 3 is 2.59 bits per heavy atom. The van der Waals surface area contributed by atoms with Crippen molar-refractivity contribution in [1.29, 1.82) is 0 Å². The standard InChI is InChI=1S/C17H18ClN3O/c1-12-16(10-9-14-4-3-11-20(14)2)17(22)21(19-12)15-7-5-13(18)6-8-15/h5-10H,3-4,11H2,1-2H3. The minimum atomic E-state index is -0.0997. The molecule has 0 N–H and O–H groups in total. The van der Waals surface area contributed by atoms with E-state index in [1.165, 1.54) is 17.1 Å². The fourth-order valence-corrected chi connectivity index (χ4v) is 2.82. The van der Waals surface area contributed by atoms with Crippen LogP contribution >= 0.6 is 11.6 Å². The molecular formula is C17H18ClN3O. The van der Waals surface area contributed by atoms with E-state index < -0.39 is 0 Å². The van der Waals surface area contributed by atoms with Gasteiger partial charge in [0, 0.05) is 24.3 Å². The highest BCUT2D eigenvalue weighted by Gasteiger charge is 2.28. The maximum atomic E-state index is 12.6. The lowest BCUT2D eigenvalue weighted by molar-refractivity contribution is -0.114. The van der Waals surface area contributed by atoms with Gasteiger partial charge in [-0.2, -0.15) is 10.1 Å². The molecule has 3 rings (SSSR count). The van der Waals surface area contributed by atoms with Crippen LogP contribution < -0.4 is 5.01 Å². The smallest absolute Gasteiger partial charge is 0.280 e. The molecule has 1 saturated heterocycles. The normalized spacial score (nSPS) is 22.1. The van der Waals surface area contributed by atoms with Crippen LogP contribution in [0.25, 0.3) is 0 Å². The Morgan fingerprint density at radius 2 is 1.95 bits per heavy atom. The van der Waals surface area contributed by atoms with Crippen molar-refractivity contribution in [2.24, 2.45) is 5.10 Å². The summed E-state index contributed by atoms with van der Waals surface area (Å²) >= 11 is 5.89. The van der Waals surface area contributed by atoms with Crippen LogP contribution in [0.4, 0.5) is 5.69 Å². The first-order valence-corrected chi connectivity index (χ1v) is 7.71.